The van der Waals surface area contributed by atoms with Crippen molar-refractivity contribution in [1.29, 1.82) is 0 Å². The molecular formula is C21H22O5. The molecule has 2 N–H and O–H groups in total. The zero-order valence-corrected chi connectivity index (χ0v) is 15.1. The number of benzene rings is 2. The summed E-state index contributed by atoms with van der Waals surface area (Å²) in [7, 11) is 1.49. The molecule has 1 atom stereocenters. The number of phenolic OH excluding ortho intramolecular Hbond substituents is 2. The standard InChI is InChI=1S/C21H22O5/c1-12(2)4-5-13-8-14(9-20(25-3)21(13)24)18-11-17(23)16-7-6-15(22)10-19(16)26-18/h4,6-10,18,22,24H,5,11H2,1-3H3/t18-/m1/s1. The van der Waals surface area contributed by atoms with Gasteiger partial charge in [-0.2, -0.15) is 0 Å². The molecule has 2 aromatic rings. The lowest BCUT2D eigenvalue weighted by Crippen LogP contribution is -2.20. The maximum Gasteiger partial charge on any atom is 0.170 e. The van der Waals surface area contributed by atoms with E-state index in [1.165, 1.54) is 19.2 Å². The zero-order valence-electron chi connectivity index (χ0n) is 15.1. The van der Waals surface area contributed by atoms with Crippen LogP contribution >= 0.6 is 0 Å². The van der Waals surface area contributed by atoms with Crippen molar-refractivity contribution in [2.24, 2.45) is 0 Å². The van der Waals surface area contributed by atoms with Crippen LogP contribution in [0.1, 0.15) is 47.9 Å². The van der Waals surface area contributed by atoms with E-state index in [4.69, 9.17) is 9.47 Å². The predicted molar refractivity (Wildman–Crippen MR) is 98.2 cm³/mol. The molecule has 0 amide bonds. The topological polar surface area (TPSA) is 76.0 Å². The first kappa shape index (κ1) is 17.9. The fourth-order valence-corrected chi connectivity index (χ4v) is 3.00. The van der Waals surface area contributed by atoms with Crippen LogP contribution in [-0.4, -0.2) is 23.1 Å². The van der Waals surface area contributed by atoms with Crippen LogP contribution in [0, 0.1) is 0 Å². The van der Waals surface area contributed by atoms with E-state index in [0.717, 1.165) is 11.1 Å². The van der Waals surface area contributed by atoms with Gasteiger partial charge in [0.25, 0.3) is 0 Å². The van der Waals surface area contributed by atoms with E-state index in [-0.39, 0.29) is 23.7 Å². The highest BCUT2D eigenvalue weighted by atomic mass is 16.5. The molecule has 0 fully saturated rings. The van der Waals surface area contributed by atoms with Crippen LogP contribution in [0.2, 0.25) is 0 Å². The Hall–Kier alpha value is -2.95. The van der Waals surface area contributed by atoms with Crippen molar-refractivity contribution >= 4 is 5.78 Å². The number of hydrogen-bond donors (Lipinski definition) is 2. The number of rotatable bonds is 4. The molecule has 0 saturated heterocycles. The molecule has 0 aliphatic carbocycles. The fraction of sp³-hybridized carbons (Fsp3) is 0.286. The number of fused-ring (bicyclic) bond motifs is 1. The molecule has 1 aliphatic rings. The second-order valence-electron chi connectivity index (χ2n) is 6.63. The van der Waals surface area contributed by atoms with Crippen molar-refractivity contribution in [2.75, 3.05) is 7.11 Å². The van der Waals surface area contributed by atoms with E-state index in [1.807, 2.05) is 26.0 Å². The van der Waals surface area contributed by atoms with Gasteiger partial charge in [0.15, 0.2) is 17.3 Å². The maximum atomic E-state index is 12.5. The van der Waals surface area contributed by atoms with Crippen molar-refractivity contribution in [3.63, 3.8) is 0 Å². The van der Waals surface area contributed by atoms with E-state index in [1.54, 1.807) is 12.1 Å². The Morgan fingerprint density at radius 3 is 2.73 bits per heavy atom. The number of carbonyl (C=O) groups is 1. The van der Waals surface area contributed by atoms with Crippen molar-refractivity contribution in [3.8, 4) is 23.0 Å². The second-order valence-corrected chi connectivity index (χ2v) is 6.63. The molecule has 5 nitrogen and oxygen atoms in total. The highest BCUT2D eigenvalue weighted by Crippen LogP contribution is 2.40. The number of hydrogen-bond acceptors (Lipinski definition) is 5. The smallest absolute Gasteiger partial charge is 0.170 e. The summed E-state index contributed by atoms with van der Waals surface area (Å²) < 4.78 is 11.2. The van der Waals surface area contributed by atoms with Crippen LogP contribution in [0.5, 0.6) is 23.0 Å². The van der Waals surface area contributed by atoms with Gasteiger partial charge in [0.1, 0.15) is 17.6 Å². The van der Waals surface area contributed by atoms with Crippen molar-refractivity contribution in [1.82, 2.24) is 0 Å². The van der Waals surface area contributed by atoms with Crippen LogP contribution in [0.25, 0.3) is 0 Å². The van der Waals surface area contributed by atoms with Crippen LogP contribution in [-0.2, 0) is 6.42 Å². The molecule has 0 aromatic heterocycles. The summed E-state index contributed by atoms with van der Waals surface area (Å²) in [5.74, 6) is 0.800. The highest BCUT2D eigenvalue weighted by Gasteiger charge is 2.29. The molecule has 5 heteroatoms. The number of phenols is 2. The van der Waals surface area contributed by atoms with Crippen molar-refractivity contribution in [2.45, 2.75) is 32.8 Å². The van der Waals surface area contributed by atoms with Gasteiger partial charge in [-0.3, -0.25) is 4.79 Å². The van der Waals surface area contributed by atoms with Crippen LogP contribution in [0.15, 0.2) is 42.0 Å². The molecule has 1 aliphatic heterocycles. The van der Waals surface area contributed by atoms with Gasteiger partial charge in [-0.1, -0.05) is 11.6 Å². The van der Waals surface area contributed by atoms with E-state index >= 15 is 0 Å². The lowest BCUT2D eigenvalue weighted by atomic mass is 9.94. The van der Waals surface area contributed by atoms with Crippen LogP contribution in [0.3, 0.4) is 0 Å². The third-order valence-corrected chi connectivity index (χ3v) is 4.40. The van der Waals surface area contributed by atoms with Crippen LogP contribution < -0.4 is 9.47 Å². The first-order chi connectivity index (χ1) is 12.4. The summed E-state index contributed by atoms with van der Waals surface area (Å²) >= 11 is 0. The first-order valence-corrected chi connectivity index (χ1v) is 8.45. The van der Waals surface area contributed by atoms with E-state index in [0.29, 0.717) is 29.0 Å². The first-order valence-electron chi connectivity index (χ1n) is 8.45. The molecule has 0 saturated carbocycles. The SMILES string of the molecule is COc1cc([C@H]2CC(=O)c3ccc(O)cc3O2)cc(CC=C(C)C)c1O. The van der Waals surface area contributed by atoms with Gasteiger partial charge >= 0.3 is 0 Å². The van der Waals surface area contributed by atoms with Crippen LogP contribution in [0.4, 0.5) is 0 Å². The fourth-order valence-electron chi connectivity index (χ4n) is 3.00. The Morgan fingerprint density at radius 2 is 2.04 bits per heavy atom. The quantitative estimate of drug-likeness (QED) is 0.800. The van der Waals surface area contributed by atoms with Gasteiger partial charge in [-0.25, -0.2) is 0 Å². The Balaban J connectivity index is 2.00. The summed E-state index contributed by atoms with van der Waals surface area (Å²) in [5, 5.41) is 20.0. The third-order valence-electron chi connectivity index (χ3n) is 4.40. The number of ketones is 1. The molecule has 3 rings (SSSR count). The molecule has 136 valence electrons. The molecule has 0 unspecified atom stereocenters. The molecule has 0 spiro atoms. The largest absolute Gasteiger partial charge is 0.508 e. The second kappa shape index (κ2) is 7.12. The number of ether oxygens (including phenoxy) is 2. The van der Waals surface area contributed by atoms with Crippen molar-refractivity contribution < 1.29 is 24.5 Å². The number of aromatic hydroxyl groups is 2. The van der Waals surface area contributed by atoms with Gasteiger partial charge in [0.2, 0.25) is 0 Å². The minimum Gasteiger partial charge on any atom is -0.508 e. The monoisotopic (exact) mass is 354 g/mol. The third kappa shape index (κ3) is 3.52. The number of allylic oxidation sites excluding steroid dienone is 2. The highest BCUT2D eigenvalue weighted by molar-refractivity contribution is 6.00. The number of carbonyl (C=O) groups excluding carboxylic acids is 1. The molecule has 26 heavy (non-hydrogen) atoms. The Labute approximate surface area is 152 Å². The zero-order chi connectivity index (χ0) is 18.8. The van der Waals surface area contributed by atoms with E-state index < -0.39 is 6.10 Å². The average molecular weight is 354 g/mol. The maximum absolute atomic E-state index is 12.5. The average Bonchev–Trinajstić information content (AvgIpc) is 2.60. The predicted octanol–water partition coefficient (Wildman–Crippen LogP) is 4.32. The van der Waals surface area contributed by atoms with Gasteiger partial charge in [0, 0.05) is 11.6 Å². The number of methoxy groups -OCH3 is 1. The molecule has 1 heterocycles. The van der Waals surface area contributed by atoms with E-state index in [2.05, 4.69) is 0 Å². The summed E-state index contributed by atoms with van der Waals surface area (Å²) in [6, 6.07) is 8.01. The molecule has 2 aromatic carbocycles. The van der Waals surface area contributed by atoms with E-state index in [9.17, 15) is 15.0 Å². The van der Waals surface area contributed by atoms with Gasteiger partial charge in [-0.15, -0.1) is 0 Å². The van der Waals surface area contributed by atoms with Gasteiger partial charge in [0.05, 0.1) is 19.1 Å². The summed E-state index contributed by atoms with van der Waals surface area (Å²) in [6.45, 7) is 3.98. The normalized spacial score (nSPS) is 15.8. The number of Topliss-reactive ketones (excluding diaryl/α,β-unsaturated/α-hetero) is 1. The molecule has 0 bridgehead atoms. The lowest BCUT2D eigenvalue weighted by molar-refractivity contribution is 0.0849. The minimum atomic E-state index is -0.503. The molecular weight excluding hydrogens is 332 g/mol. The minimum absolute atomic E-state index is 0.0460. The van der Waals surface area contributed by atoms with Gasteiger partial charge in [-0.05, 0) is 50.1 Å². The summed E-state index contributed by atoms with van der Waals surface area (Å²) in [6.07, 6.45) is 2.25. The Kier molecular flexibility index (Phi) is 4.89. The summed E-state index contributed by atoms with van der Waals surface area (Å²) in [5.41, 5.74) is 3.06. The Morgan fingerprint density at radius 1 is 1.27 bits per heavy atom. The van der Waals surface area contributed by atoms with Crippen molar-refractivity contribution in [3.05, 3.63) is 58.7 Å². The Bertz CT molecular complexity index is 878. The van der Waals surface area contributed by atoms with Gasteiger partial charge < -0.3 is 19.7 Å². The summed E-state index contributed by atoms with van der Waals surface area (Å²) in [4.78, 5) is 12.5. The molecule has 0 radical (unpaired) electrons. The lowest BCUT2D eigenvalue weighted by Gasteiger charge is -2.26.